The van der Waals surface area contributed by atoms with Gasteiger partial charge in [-0.3, -0.25) is 9.59 Å². The van der Waals surface area contributed by atoms with E-state index < -0.39 is 12.1 Å². The number of carbonyl (C=O) groups excluding carboxylic acids is 2. The van der Waals surface area contributed by atoms with E-state index in [0.29, 0.717) is 25.9 Å². The van der Waals surface area contributed by atoms with Crippen LogP contribution in [0.5, 0.6) is 0 Å². The Labute approximate surface area is 432 Å². The predicted octanol–water partition coefficient (Wildman–Crippen LogP) is 19.9. The number of nitrogens with one attached hydrogen (secondary N) is 1. The number of aliphatic hydroxyl groups excluding tert-OH is 2. The van der Waals surface area contributed by atoms with Crippen LogP contribution in [0, 0.1) is 0 Å². The number of ether oxygens (including phenoxy) is 1. The molecule has 6 nitrogen and oxygen atoms in total. The van der Waals surface area contributed by atoms with Crippen LogP contribution >= 0.6 is 0 Å². The maximum Gasteiger partial charge on any atom is 0.305 e. The minimum Gasteiger partial charge on any atom is -0.466 e. The van der Waals surface area contributed by atoms with Gasteiger partial charge in [0.15, 0.2) is 0 Å². The van der Waals surface area contributed by atoms with Crippen molar-refractivity contribution in [3.05, 3.63) is 0 Å². The van der Waals surface area contributed by atoms with Crippen molar-refractivity contribution in [3.8, 4) is 0 Å². The van der Waals surface area contributed by atoms with Gasteiger partial charge in [-0.2, -0.15) is 0 Å². The largest absolute Gasteiger partial charge is 0.466 e. The number of esters is 1. The molecule has 0 rings (SSSR count). The summed E-state index contributed by atoms with van der Waals surface area (Å²) in [6, 6.07) is -0.549. The Kier molecular flexibility index (Phi) is 58.4. The second-order valence-electron chi connectivity index (χ2n) is 22.1. The lowest BCUT2D eigenvalue weighted by Gasteiger charge is -2.22. The molecule has 0 fully saturated rings. The maximum atomic E-state index is 12.5. The molecule has 0 saturated heterocycles. The summed E-state index contributed by atoms with van der Waals surface area (Å²) >= 11 is 0. The third-order valence-corrected chi connectivity index (χ3v) is 15.2. The zero-order valence-corrected chi connectivity index (χ0v) is 47.1. The SMILES string of the molecule is CCCCCCCCCCCCCCCCCCCCCCCC(O)C(CO)NC(=O)CCCCCCCCCCCCCCCCOC(=O)CCCCCCCCCCCCCCCCCCC. The Hall–Kier alpha value is -1.14. The zero-order chi connectivity index (χ0) is 50.0. The molecule has 0 aromatic rings. The number of carbonyl (C=O) groups is 2. The molecule has 0 saturated carbocycles. The van der Waals surface area contributed by atoms with E-state index in [-0.39, 0.29) is 18.5 Å². The molecule has 2 atom stereocenters. The van der Waals surface area contributed by atoms with Crippen molar-refractivity contribution in [2.24, 2.45) is 0 Å². The number of unbranched alkanes of at least 4 members (excludes halogenated alkanes) is 49. The molecule has 412 valence electrons. The van der Waals surface area contributed by atoms with Crippen molar-refractivity contribution < 1.29 is 24.5 Å². The molecule has 0 bridgehead atoms. The van der Waals surface area contributed by atoms with E-state index in [0.717, 1.165) is 51.4 Å². The molecular weight excluding hydrogens is 851 g/mol. The highest BCUT2D eigenvalue weighted by Gasteiger charge is 2.20. The van der Waals surface area contributed by atoms with Gasteiger partial charge >= 0.3 is 5.97 Å². The van der Waals surface area contributed by atoms with Gasteiger partial charge in [0.05, 0.1) is 25.4 Å². The van der Waals surface area contributed by atoms with Gasteiger partial charge in [-0.25, -0.2) is 0 Å². The standard InChI is InChI=1S/C63H125NO5/c1-3-5-7-9-11-13-15-17-19-21-22-23-24-26-27-31-35-39-43-47-51-55-61(66)60(59-65)64-62(67)56-52-48-44-40-36-32-29-30-34-38-42-46-50-54-58-69-63(68)57-53-49-45-41-37-33-28-25-20-18-16-14-12-10-8-6-4-2/h60-61,65-66H,3-59H2,1-2H3,(H,64,67). The fourth-order valence-corrected chi connectivity index (χ4v) is 10.3. The van der Waals surface area contributed by atoms with Crippen molar-refractivity contribution in [1.82, 2.24) is 5.32 Å². The van der Waals surface area contributed by atoms with Gasteiger partial charge in [0.1, 0.15) is 0 Å². The molecule has 1 amide bonds. The third-order valence-electron chi connectivity index (χ3n) is 15.2. The van der Waals surface area contributed by atoms with E-state index >= 15 is 0 Å². The van der Waals surface area contributed by atoms with Gasteiger partial charge in [-0.05, 0) is 25.7 Å². The normalized spacial score (nSPS) is 12.5. The molecule has 0 aliphatic carbocycles. The topological polar surface area (TPSA) is 95.9 Å². The summed E-state index contributed by atoms with van der Waals surface area (Å²) < 4.78 is 5.49. The van der Waals surface area contributed by atoms with Crippen LogP contribution in [0.4, 0.5) is 0 Å². The lowest BCUT2D eigenvalue weighted by atomic mass is 10.0. The third kappa shape index (κ3) is 56.0. The number of hydrogen-bond acceptors (Lipinski definition) is 5. The highest BCUT2D eigenvalue weighted by Crippen LogP contribution is 2.19. The van der Waals surface area contributed by atoms with Crippen molar-refractivity contribution in [2.45, 2.75) is 379 Å². The first-order valence-corrected chi connectivity index (χ1v) is 31.8. The van der Waals surface area contributed by atoms with Crippen LogP contribution in [-0.4, -0.2) is 47.4 Å². The van der Waals surface area contributed by atoms with Crippen LogP contribution in [0.1, 0.15) is 367 Å². The van der Waals surface area contributed by atoms with Gasteiger partial charge < -0.3 is 20.3 Å². The highest BCUT2D eigenvalue weighted by molar-refractivity contribution is 5.76. The van der Waals surface area contributed by atoms with E-state index in [9.17, 15) is 19.8 Å². The molecule has 0 spiro atoms. The lowest BCUT2D eigenvalue weighted by Crippen LogP contribution is -2.45. The van der Waals surface area contributed by atoms with Crippen molar-refractivity contribution in [1.29, 1.82) is 0 Å². The lowest BCUT2D eigenvalue weighted by molar-refractivity contribution is -0.143. The fraction of sp³-hybridized carbons (Fsp3) is 0.968. The summed E-state index contributed by atoms with van der Waals surface area (Å²) in [5, 5.41) is 23.4. The maximum absolute atomic E-state index is 12.5. The molecule has 6 heteroatoms. The minimum absolute atomic E-state index is 0.00341. The Bertz CT molecular complexity index is 990. The van der Waals surface area contributed by atoms with Gasteiger partial charge in [0, 0.05) is 12.8 Å². The summed E-state index contributed by atoms with van der Waals surface area (Å²) in [5.74, 6) is -0.0370. The average molecular weight is 977 g/mol. The summed E-state index contributed by atoms with van der Waals surface area (Å²) in [7, 11) is 0. The molecular formula is C63H125NO5. The number of rotatable bonds is 60. The van der Waals surface area contributed by atoms with E-state index in [2.05, 4.69) is 19.2 Å². The van der Waals surface area contributed by atoms with Crippen LogP contribution in [0.2, 0.25) is 0 Å². The van der Waals surface area contributed by atoms with Crippen LogP contribution in [-0.2, 0) is 14.3 Å². The number of hydrogen-bond donors (Lipinski definition) is 3. The van der Waals surface area contributed by atoms with E-state index in [4.69, 9.17) is 4.74 Å². The van der Waals surface area contributed by atoms with Crippen LogP contribution in [0.15, 0.2) is 0 Å². The zero-order valence-electron chi connectivity index (χ0n) is 47.1. The Balaban J connectivity index is 3.41. The minimum atomic E-state index is -0.671. The summed E-state index contributed by atoms with van der Waals surface area (Å²) in [6.45, 7) is 4.98. The molecule has 2 unspecified atom stereocenters. The molecule has 0 heterocycles. The van der Waals surface area contributed by atoms with Gasteiger partial charge in [0.2, 0.25) is 5.91 Å². The summed E-state index contributed by atoms with van der Waals surface area (Å²) in [5.41, 5.74) is 0. The average Bonchev–Trinajstić information content (AvgIpc) is 3.35. The van der Waals surface area contributed by atoms with Crippen LogP contribution in [0.25, 0.3) is 0 Å². The van der Waals surface area contributed by atoms with Gasteiger partial charge in [-0.15, -0.1) is 0 Å². The molecule has 0 aromatic carbocycles. The first-order valence-electron chi connectivity index (χ1n) is 31.8. The molecule has 0 radical (unpaired) electrons. The van der Waals surface area contributed by atoms with Crippen LogP contribution in [0.3, 0.4) is 0 Å². The van der Waals surface area contributed by atoms with Crippen LogP contribution < -0.4 is 5.32 Å². The predicted molar refractivity (Wildman–Crippen MR) is 301 cm³/mol. The molecule has 0 aromatic heterocycles. The highest BCUT2D eigenvalue weighted by atomic mass is 16.5. The van der Waals surface area contributed by atoms with E-state index in [1.807, 2.05) is 0 Å². The van der Waals surface area contributed by atoms with E-state index in [1.165, 1.54) is 283 Å². The van der Waals surface area contributed by atoms with Crippen molar-refractivity contribution in [3.63, 3.8) is 0 Å². The summed E-state index contributed by atoms with van der Waals surface area (Å²) in [6.07, 6.45) is 69.6. The quantitative estimate of drug-likeness (QED) is 0.0417. The fourth-order valence-electron chi connectivity index (χ4n) is 10.3. The molecule has 0 aliphatic rings. The second-order valence-corrected chi connectivity index (χ2v) is 22.1. The first-order chi connectivity index (χ1) is 34.0. The Morgan fingerprint density at radius 2 is 0.594 bits per heavy atom. The summed E-state index contributed by atoms with van der Waals surface area (Å²) in [4.78, 5) is 24.6. The van der Waals surface area contributed by atoms with Crippen molar-refractivity contribution in [2.75, 3.05) is 13.2 Å². The first kappa shape index (κ1) is 67.9. The number of amides is 1. The number of aliphatic hydroxyl groups is 2. The molecule has 69 heavy (non-hydrogen) atoms. The van der Waals surface area contributed by atoms with Crippen molar-refractivity contribution >= 4 is 11.9 Å². The molecule has 0 aliphatic heterocycles. The Morgan fingerprint density at radius 1 is 0.348 bits per heavy atom. The van der Waals surface area contributed by atoms with Gasteiger partial charge in [-0.1, -0.05) is 328 Å². The monoisotopic (exact) mass is 976 g/mol. The second kappa shape index (κ2) is 59.4. The smallest absolute Gasteiger partial charge is 0.305 e. The van der Waals surface area contributed by atoms with E-state index in [1.54, 1.807) is 0 Å². The van der Waals surface area contributed by atoms with Gasteiger partial charge in [0.25, 0.3) is 0 Å². The Morgan fingerprint density at radius 3 is 0.884 bits per heavy atom. The molecule has 3 N–H and O–H groups in total.